The van der Waals surface area contributed by atoms with Crippen molar-refractivity contribution in [2.45, 2.75) is 52.1 Å². The summed E-state index contributed by atoms with van der Waals surface area (Å²) in [5.41, 5.74) is 2.79. The maximum atomic E-state index is 14.0. The first-order valence-corrected chi connectivity index (χ1v) is 15.6. The van der Waals surface area contributed by atoms with Crippen molar-refractivity contribution in [1.82, 2.24) is 10.2 Å². The van der Waals surface area contributed by atoms with Crippen molar-refractivity contribution in [3.8, 4) is 0 Å². The van der Waals surface area contributed by atoms with Crippen LogP contribution in [0.4, 0.5) is 5.69 Å². The highest BCUT2D eigenvalue weighted by atomic mass is 35.5. The summed E-state index contributed by atoms with van der Waals surface area (Å²) >= 11 is 18.3. The molecule has 0 heterocycles. The molecule has 0 bridgehead atoms. The molecule has 0 radical (unpaired) electrons. The molecule has 0 unspecified atom stereocenters. The summed E-state index contributed by atoms with van der Waals surface area (Å²) < 4.78 is 28.9. The van der Waals surface area contributed by atoms with E-state index in [2.05, 4.69) is 5.32 Å². The molecule has 1 N–H and O–H groups in total. The van der Waals surface area contributed by atoms with Crippen LogP contribution in [0.3, 0.4) is 0 Å². The molecule has 3 aromatic carbocycles. The molecule has 0 saturated heterocycles. The van der Waals surface area contributed by atoms with Gasteiger partial charge >= 0.3 is 0 Å². The molecule has 0 aliphatic heterocycles. The third-order valence-electron chi connectivity index (χ3n) is 6.65. The maximum Gasteiger partial charge on any atom is 0.264 e. The lowest BCUT2D eigenvalue weighted by Gasteiger charge is -2.32. The molecule has 41 heavy (non-hydrogen) atoms. The Balaban J connectivity index is 2.05. The largest absolute Gasteiger partial charge is 0.354 e. The van der Waals surface area contributed by atoms with Crippen molar-refractivity contribution < 1.29 is 18.0 Å². The molecule has 0 aliphatic carbocycles. The Kier molecular flexibility index (Phi) is 11.1. The molecule has 0 fully saturated rings. The number of anilines is 1. The lowest BCUT2D eigenvalue weighted by atomic mass is 10.1. The van der Waals surface area contributed by atoms with Gasteiger partial charge in [-0.25, -0.2) is 8.42 Å². The zero-order chi connectivity index (χ0) is 30.5. The van der Waals surface area contributed by atoms with E-state index in [9.17, 15) is 18.0 Å². The molecule has 3 rings (SSSR count). The highest BCUT2D eigenvalue weighted by Gasteiger charge is 2.32. The summed E-state index contributed by atoms with van der Waals surface area (Å²) in [5, 5.41) is 3.89. The van der Waals surface area contributed by atoms with Gasteiger partial charge in [0.1, 0.15) is 12.6 Å². The van der Waals surface area contributed by atoms with Crippen LogP contribution in [0.5, 0.6) is 0 Å². The Bertz CT molecular complexity index is 1510. The Morgan fingerprint density at radius 2 is 1.51 bits per heavy atom. The van der Waals surface area contributed by atoms with Crippen molar-refractivity contribution in [1.29, 1.82) is 0 Å². The Morgan fingerprint density at radius 3 is 2.10 bits per heavy atom. The smallest absolute Gasteiger partial charge is 0.264 e. The quantitative estimate of drug-likeness (QED) is 0.255. The van der Waals surface area contributed by atoms with Gasteiger partial charge in [0.25, 0.3) is 10.0 Å². The minimum atomic E-state index is -4.19. The first-order chi connectivity index (χ1) is 19.2. The van der Waals surface area contributed by atoms with Crippen LogP contribution in [0, 0.1) is 19.8 Å². The zero-order valence-electron chi connectivity index (χ0n) is 23.6. The third kappa shape index (κ3) is 8.38. The lowest BCUT2D eigenvalue weighted by Crippen LogP contribution is -2.51. The fraction of sp³-hybridized carbons (Fsp3) is 0.333. The average Bonchev–Trinajstić information content (AvgIpc) is 2.92. The minimum Gasteiger partial charge on any atom is -0.354 e. The standard InChI is InChI=1S/C30H34Cl3N3O4S/c1-19(2)16-34-30(38)22(5)35(17-23-7-13-27(32)28(33)15-23)29(37)18-36(25-10-6-20(3)21(4)14-25)41(39,40)26-11-8-24(31)9-12-26/h6-15,19,22H,16-18H2,1-5H3,(H,34,38)/t22-/m0/s1. The Labute approximate surface area is 257 Å². The van der Waals surface area contributed by atoms with Crippen molar-refractivity contribution in [2.24, 2.45) is 5.92 Å². The second kappa shape index (κ2) is 13.9. The van der Waals surface area contributed by atoms with E-state index in [1.165, 1.54) is 29.2 Å². The van der Waals surface area contributed by atoms with Gasteiger partial charge in [-0.2, -0.15) is 0 Å². The highest BCUT2D eigenvalue weighted by Crippen LogP contribution is 2.28. The van der Waals surface area contributed by atoms with Crippen LogP contribution in [-0.4, -0.2) is 44.3 Å². The third-order valence-corrected chi connectivity index (χ3v) is 9.43. The highest BCUT2D eigenvalue weighted by molar-refractivity contribution is 7.92. The molecule has 7 nitrogen and oxygen atoms in total. The van der Waals surface area contributed by atoms with Gasteiger partial charge in [-0.1, -0.05) is 60.8 Å². The summed E-state index contributed by atoms with van der Waals surface area (Å²) in [4.78, 5) is 28.4. The van der Waals surface area contributed by atoms with Crippen LogP contribution in [0.15, 0.2) is 65.6 Å². The van der Waals surface area contributed by atoms with E-state index < -0.39 is 28.5 Å². The predicted octanol–water partition coefficient (Wildman–Crippen LogP) is 6.65. The number of rotatable bonds is 11. The van der Waals surface area contributed by atoms with E-state index in [0.717, 1.165) is 15.4 Å². The van der Waals surface area contributed by atoms with E-state index in [4.69, 9.17) is 34.8 Å². The van der Waals surface area contributed by atoms with Gasteiger partial charge in [0.15, 0.2) is 0 Å². The number of benzene rings is 3. The number of carbonyl (C=O) groups excluding carboxylic acids is 2. The van der Waals surface area contributed by atoms with Crippen LogP contribution < -0.4 is 9.62 Å². The van der Waals surface area contributed by atoms with Crippen molar-refractivity contribution in [3.63, 3.8) is 0 Å². The van der Waals surface area contributed by atoms with Gasteiger partial charge in [-0.05, 0) is 91.9 Å². The number of hydrogen-bond donors (Lipinski definition) is 1. The summed E-state index contributed by atoms with van der Waals surface area (Å²) in [6.07, 6.45) is 0. The van der Waals surface area contributed by atoms with E-state index in [1.54, 1.807) is 43.3 Å². The summed E-state index contributed by atoms with van der Waals surface area (Å²) in [6, 6.07) is 15.0. The van der Waals surface area contributed by atoms with Gasteiger partial charge in [-0.15, -0.1) is 0 Å². The molecule has 1 atom stereocenters. The monoisotopic (exact) mass is 637 g/mol. The number of aryl methyl sites for hydroxylation is 2. The fourth-order valence-corrected chi connectivity index (χ4v) is 5.87. The van der Waals surface area contributed by atoms with Crippen LogP contribution in [0.1, 0.15) is 37.5 Å². The van der Waals surface area contributed by atoms with Gasteiger partial charge in [0.05, 0.1) is 20.6 Å². The molecule has 0 saturated carbocycles. The van der Waals surface area contributed by atoms with Gasteiger partial charge in [0, 0.05) is 18.1 Å². The van der Waals surface area contributed by atoms with E-state index >= 15 is 0 Å². The normalized spacial score (nSPS) is 12.2. The van der Waals surface area contributed by atoms with Crippen molar-refractivity contribution in [2.75, 3.05) is 17.4 Å². The molecule has 0 aromatic heterocycles. The number of carbonyl (C=O) groups is 2. The number of amides is 2. The number of nitrogens with one attached hydrogen (secondary N) is 1. The Morgan fingerprint density at radius 1 is 0.854 bits per heavy atom. The Hall–Kier alpha value is -2.78. The van der Waals surface area contributed by atoms with Crippen LogP contribution in [-0.2, 0) is 26.2 Å². The van der Waals surface area contributed by atoms with Crippen LogP contribution >= 0.6 is 34.8 Å². The van der Waals surface area contributed by atoms with Crippen LogP contribution in [0.25, 0.3) is 0 Å². The lowest BCUT2D eigenvalue weighted by molar-refractivity contribution is -0.139. The molecule has 0 aliphatic rings. The summed E-state index contributed by atoms with van der Waals surface area (Å²) in [6.45, 7) is 9.21. The SMILES string of the molecule is Cc1ccc(N(CC(=O)N(Cc2ccc(Cl)c(Cl)c2)[C@@H](C)C(=O)NCC(C)C)S(=O)(=O)c2ccc(Cl)cc2)cc1C. The second-order valence-corrected chi connectivity index (χ2v) is 13.4. The fourth-order valence-electron chi connectivity index (χ4n) is 4.01. The number of sulfonamides is 1. The first kappa shape index (κ1) is 32.7. The van der Waals surface area contributed by atoms with E-state index in [-0.39, 0.29) is 23.3 Å². The maximum absolute atomic E-state index is 14.0. The zero-order valence-corrected chi connectivity index (χ0v) is 26.7. The van der Waals surface area contributed by atoms with Crippen LogP contribution in [0.2, 0.25) is 15.1 Å². The number of halogens is 3. The molecule has 2 amide bonds. The van der Waals surface area contributed by atoms with Gasteiger partial charge < -0.3 is 10.2 Å². The molecule has 0 spiro atoms. The van der Waals surface area contributed by atoms with Crippen molar-refractivity contribution >= 4 is 62.3 Å². The minimum absolute atomic E-state index is 0.00768. The molecule has 220 valence electrons. The van der Waals surface area contributed by atoms with Crippen molar-refractivity contribution in [3.05, 3.63) is 92.4 Å². The molecular formula is C30H34Cl3N3O4S. The molecule has 11 heteroatoms. The second-order valence-electron chi connectivity index (χ2n) is 10.3. The van der Waals surface area contributed by atoms with E-state index in [1.807, 2.05) is 27.7 Å². The topological polar surface area (TPSA) is 86.8 Å². The summed E-state index contributed by atoms with van der Waals surface area (Å²) in [5.74, 6) is -0.723. The first-order valence-electron chi connectivity index (χ1n) is 13.1. The number of nitrogens with zero attached hydrogens (tertiary/aromatic N) is 2. The molecule has 3 aromatic rings. The van der Waals surface area contributed by atoms with Gasteiger partial charge in [0.2, 0.25) is 11.8 Å². The van der Waals surface area contributed by atoms with E-state index in [0.29, 0.717) is 32.9 Å². The predicted molar refractivity (Wildman–Crippen MR) is 166 cm³/mol. The van der Waals surface area contributed by atoms with Gasteiger partial charge in [-0.3, -0.25) is 13.9 Å². The number of hydrogen-bond acceptors (Lipinski definition) is 4. The molecular weight excluding hydrogens is 605 g/mol. The summed E-state index contributed by atoms with van der Waals surface area (Å²) in [7, 11) is -4.19. The average molecular weight is 639 g/mol.